The zero-order chi connectivity index (χ0) is 18.3. The van der Waals surface area contributed by atoms with Gasteiger partial charge in [-0.3, -0.25) is 4.79 Å². The van der Waals surface area contributed by atoms with Crippen molar-refractivity contribution in [3.63, 3.8) is 0 Å². The van der Waals surface area contributed by atoms with Crippen LogP contribution in [0.15, 0.2) is 24.3 Å². The number of carboxylic acid groups (broad SMARTS) is 1. The Labute approximate surface area is 137 Å². The number of hydrogen-bond acceptors (Lipinski definition) is 3. The van der Waals surface area contributed by atoms with E-state index in [9.17, 15) is 22.8 Å². The van der Waals surface area contributed by atoms with Gasteiger partial charge < -0.3 is 15.2 Å². The fourth-order valence-electron chi connectivity index (χ4n) is 2.03. The number of carbonyl (C=O) groups is 2. The second-order valence-electron chi connectivity index (χ2n) is 5.82. The summed E-state index contributed by atoms with van der Waals surface area (Å²) in [6, 6.07) is 4.70. The molecule has 24 heavy (non-hydrogen) atoms. The number of carboxylic acids is 1. The molecule has 1 aromatic carbocycles. The third kappa shape index (κ3) is 7.85. The van der Waals surface area contributed by atoms with Crippen LogP contribution < -0.4 is 10.1 Å². The first-order valence-electron chi connectivity index (χ1n) is 7.37. The second kappa shape index (κ2) is 8.56. The van der Waals surface area contributed by atoms with Crippen LogP contribution in [-0.4, -0.2) is 35.8 Å². The molecule has 0 aliphatic heterocycles. The summed E-state index contributed by atoms with van der Waals surface area (Å²) >= 11 is 0. The molecule has 0 heterocycles. The zero-order valence-electron chi connectivity index (χ0n) is 13.4. The van der Waals surface area contributed by atoms with Crippen LogP contribution in [0.25, 0.3) is 0 Å². The molecule has 0 saturated carbocycles. The third-order valence-corrected chi connectivity index (χ3v) is 3.01. The van der Waals surface area contributed by atoms with E-state index in [-0.39, 0.29) is 24.5 Å². The van der Waals surface area contributed by atoms with Gasteiger partial charge in [0.05, 0.1) is 6.42 Å². The average Bonchev–Trinajstić information content (AvgIpc) is 2.43. The highest BCUT2D eigenvalue weighted by atomic mass is 19.4. The Morgan fingerprint density at radius 3 is 2.50 bits per heavy atom. The molecule has 0 bridgehead atoms. The van der Waals surface area contributed by atoms with Crippen LogP contribution in [-0.2, 0) is 16.0 Å². The molecule has 0 fully saturated rings. The number of rotatable bonds is 8. The maximum Gasteiger partial charge on any atom is 0.422 e. The molecule has 8 heteroatoms. The lowest BCUT2D eigenvalue weighted by Crippen LogP contribution is -2.42. The molecule has 1 aromatic rings. The van der Waals surface area contributed by atoms with E-state index in [1.54, 1.807) is 6.07 Å². The van der Waals surface area contributed by atoms with Crippen molar-refractivity contribution in [1.29, 1.82) is 0 Å². The van der Waals surface area contributed by atoms with Crippen LogP contribution in [0, 0.1) is 5.92 Å². The van der Waals surface area contributed by atoms with E-state index in [1.165, 1.54) is 18.2 Å². The molecule has 2 N–H and O–H groups in total. The summed E-state index contributed by atoms with van der Waals surface area (Å²) in [4.78, 5) is 23.1. The van der Waals surface area contributed by atoms with Crippen LogP contribution in [0.5, 0.6) is 5.75 Å². The van der Waals surface area contributed by atoms with E-state index in [2.05, 4.69) is 10.1 Å². The molecule has 0 aliphatic carbocycles. The van der Waals surface area contributed by atoms with E-state index >= 15 is 0 Å². The molecule has 0 spiro atoms. The number of aliphatic carboxylic acids is 1. The van der Waals surface area contributed by atoms with E-state index in [4.69, 9.17) is 5.11 Å². The first-order valence-corrected chi connectivity index (χ1v) is 7.37. The lowest BCUT2D eigenvalue weighted by Gasteiger charge is -2.16. The van der Waals surface area contributed by atoms with Crippen LogP contribution in [0.3, 0.4) is 0 Å². The predicted molar refractivity (Wildman–Crippen MR) is 80.7 cm³/mol. The Kier molecular flexibility index (Phi) is 7.06. The molecule has 0 saturated heterocycles. The highest BCUT2D eigenvalue weighted by molar-refractivity contribution is 5.84. The van der Waals surface area contributed by atoms with Gasteiger partial charge in [0.15, 0.2) is 6.61 Å². The molecule has 5 nitrogen and oxygen atoms in total. The summed E-state index contributed by atoms with van der Waals surface area (Å²) in [6.07, 6.45) is -4.31. The number of halogens is 3. The van der Waals surface area contributed by atoms with E-state index in [0.717, 1.165) is 0 Å². The van der Waals surface area contributed by atoms with Gasteiger partial charge in [-0.1, -0.05) is 26.0 Å². The average molecular weight is 347 g/mol. The maximum absolute atomic E-state index is 12.1. The number of ether oxygens (including phenoxy) is 1. The van der Waals surface area contributed by atoms with Gasteiger partial charge in [-0.15, -0.1) is 0 Å². The summed E-state index contributed by atoms with van der Waals surface area (Å²) in [5, 5.41) is 11.5. The summed E-state index contributed by atoms with van der Waals surface area (Å²) in [6.45, 7) is 2.26. The number of hydrogen-bond donors (Lipinski definition) is 2. The Bertz CT molecular complexity index is 573. The van der Waals surface area contributed by atoms with Crippen LogP contribution in [0.2, 0.25) is 0 Å². The van der Waals surface area contributed by atoms with Crippen molar-refractivity contribution in [2.24, 2.45) is 5.92 Å². The Morgan fingerprint density at radius 1 is 1.29 bits per heavy atom. The number of alkyl halides is 3. The number of amides is 1. The number of benzene rings is 1. The van der Waals surface area contributed by atoms with Gasteiger partial charge in [-0.2, -0.15) is 13.2 Å². The van der Waals surface area contributed by atoms with Crippen molar-refractivity contribution >= 4 is 11.9 Å². The molecule has 1 atom stereocenters. The summed E-state index contributed by atoms with van der Waals surface area (Å²) in [5.74, 6) is -1.56. The molecule has 0 unspecified atom stereocenters. The predicted octanol–water partition coefficient (Wildman–Crippen LogP) is 2.79. The standard InChI is InChI=1S/C16H20F3NO4/c1-10(2)6-13(15(22)23)20-14(21)8-11-4-3-5-12(7-11)24-9-16(17,18)19/h3-5,7,10,13H,6,8-9H2,1-2H3,(H,20,21)(H,22,23)/t13-/m0/s1. The molecule has 1 amide bonds. The van der Waals surface area contributed by atoms with E-state index in [0.29, 0.717) is 5.56 Å². The normalized spacial score (nSPS) is 12.8. The summed E-state index contributed by atoms with van der Waals surface area (Å²) in [5.41, 5.74) is 0.431. The van der Waals surface area contributed by atoms with Gasteiger partial charge in [-0.25, -0.2) is 4.79 Å². The van der Waals surface area contributed by atoms with Gasteiger partial charge >= 0.3 is 12.1 Å². The number of nitrogens with one attached hydrogen (secondary N) is 1. The largest absolute Gasteiger partial charge is 0.484 e. The van der Waals surface area contributed by atoms with Crippen molar-refractivity contribution in [3.8, 4) is 5.75 Å². The molecule has 134 valence electrons. The molecule has 0 radical (unpaired) electrons. The van der Waals surface area contributed by atoms with Crippen molar-refractivity contribution in [3.05, 3.63) is 29.8 Å². The van der Waals surface area contributed by atoms with Gasteiger partial charge in [0, 0.05) is 0 Å². The first-order chi connectivity index (χ1) is 11.1. The van der Waals surface area contributed by atoms with Gasteiger partial charge in [0.1, 0.15) is 11.8 Å². The lowest BCUT2D eigenvalue weighted by atomic mass is 10.0. The van der Waals surface area contributed by atoms with Crippen molar-refractivity contribution in [1.82, 2.24) is 5.32 Å². The minimum absolute atomic E-state index is 0.00501. The quantitative estimate of drug-likeness (QED) is 0.758. The fourth-order valence-corrected chi connectivity index (χ4v) is 2.03. The third-order valence-electron chi connectivity index (χ3n) is 3.01. The highest BCUT2D eigenvalue weighted by Crippen LogP contribution is 2.19. The van der Waals surface area contributed by atoms with Crippen molar-refractivity contribution in [2.45, 2.75) is 38.9 Å². The smallest absolute Gasteiger partial charge is 0.422 e. The molecule has 1 rings (SSSR count). The number of carbonyl (C=O) groups excluding carboxylic acids is 1. The van der Waals surface area contributed by atoms with E-state index in [1.807, 2.05) is 13.8 Å². The SMILES string of the molecule is CC(C)C[C@H](NC(=O)Cc1cccc(OCC(F)(F)F)c1)C(=O)O. The van der Waals surface area contributed by atoms with E-state index < -0.39 is 30.7 Å². The van der Waals surface area contributed by atoms with Gasteiger partial charge in [-0.05, 0) is 30.0 Å². The van der Waals surface area contributed by atoms with Gasteiger partial charge in [0.2, 0.25) is 5.91 Å². The Balaban J connectivity index is 2.64. The van der Waals surface area contributed by atoms with Crippen LogP contribution in [0.4, 0.5) is 13.2 Å². The maximum atomic E-state index is 12.1. The van der Waals surface area contributed by atoms with Gasteiger partial charge in [0.25, 0.3) is 0 Å². The van der Waals surface area contributed by atoms with Crippen LogP contribution >= 0.6 is 0 Å². The Hall–Kier alpha value is -2.25. The minimum atomic E-state index is -4.45. The highest BCUT2D eigenvalue weighted by Gasteiger charge is 2.28. The molecular weight excluding hydrogens is 327 g/mol. The van der Waals surface area contributed by atoms with Crippen molar-refractivity contribution in [2.75, 3.05) is 6.61 Å². The lowest BCUT2D eigenvalue weighted by molar-refractivity contribution is -0.153. The molecule has 0 aromatic heterocycles. The molecular formula is C16H20F3NO4. The summed E-state index contributed by atoms with van der Waals surface area (Å²) < 4.78 is 41.0. The monoisotopic (exact) mass is 347 g/mol. The zero-order valence-corrected chi connectivity index (χ0v) is 13.4. The van der Waals surface area contributed by atoms with Crippen molar-refractivity contribution < 1.29 is 32.6 Å². The second-order valence-corrected chi connectivity index (χ2v) is 5.82. The Morgan fingerprint density at radius 2 is 1.96 bits per heavy atom. The topological polar surface area (TPSA) is 75.6 Å². The summed E-state index contributed by atoms with van der Waals surface area (Å²) in [7, 11) is 0. The van der Waals surface area contributed by atoms with Crippen LogP contribution in [0.1, 0.15) is 25.8 Å². The minimum Gasteiger partial charge on any atom is -0.484 e. The fraction of sp³-hybridized carbons (Fsp3) is 0.500. The first kappa shape index (κ1) is 19.8. The molecule has 0 aliphatic rings.